The maximum Gasteiger partial charge on any atom is 0.119 e. The number of benzene rings is 1. The van der Waals surface area contributed by atoms with Crippen LogP contribution in [-0.2, 0) is 0 Å². The topological polar surface area (TPSA) is 34.2 Å². The summed E-state index contributed by atoms with van der Waals surface area (Å²) < 4.78 is 5.32. The van der Waals surface area contributed by atoms with Crippen LogP contribution in [0.15, 0.2) is 18.2 Å². The Morgan fingerprint density at radius 1 is 1.22 bits per heavy atom. The molecule has 0 atom stereocenters. The summed E-state index contributed by atoms with van der Waals surface area (Å²) in [6, 6.07) is 6.18. The summed E-state index contributed by atoms with van der Waals surface area (Å²) in [5.41, 5.74) is 4.40. The Hall–Kier alpha value is -1.77. The van der Waals surface area contributed by atoms with E-state index in [9.17, 15) is 0 Å². The van der Waals surface area contributed by atoms with Crippen LogP contribution in [0.5, 0.6) is 5.75 Å². The summed E-state index contributed by atoms with van der Waals surface area (Å²) in [6.45, 7) is 6.39. The van der Waals surface area contributed by atoms with Crippen molar-refractivity contribution in [1.82, 2.24) is 4.98 Å². The van der Waals surface area contributed by atoms with Gasteiger partial charge in [0.15, 0.2) is 0 Å². The number of methoxy groups -OCH3 is 1. The number of fused-ring (bicyclic) bond motifs is 1. The minimum Gasteiger partial charge on any atom is -0.497 e. The third-order valence-corrected chi connectivity index (χ3v) is 3.19. The normalized spacial score (nSPS) is 11.0. The van der Waals surface area contributed by atoms with Crippen LogP contribution in [0, 0.1) is 6.92 Å². The number of hydrogen-bond acceptors (Lipinski definition) is 3. The van der Waals surface area contributed by atoms with Crippen LogP contribution in [0.2, 0.25) is 0 Å². The summed E-state index contributed by atoms with van der Waals surface area (Å²) in [6.07, 6.45) is 0. The van der Waals surface area contributed by atoms with Gasteiger partial charge in [-0.25, -0.2) is 0 Å². The van der Waals surface area contributed by atoms with Crippen LogP contribution in [0.1, 0.15) is 31.0 Å². The molecule has 1 aromatic heterocycles. The Bertz CT molecular complexity index is 576. The Morgan fingerprint density at radius 3 is 2.50 bits per heavy atom. The van der Waals surface area contributed by atoms with Crippen LogP contribution in [0.3, 0.4) is 0 Å². The van der Waals surface area contributed by atoms with Crippen molar-refractivity contribution in [1.29, 1.82) is 0 Å². The minimum absolute atomic E-state index is 0.419. The monoisotopic (exact) mass is 244 g/mol. The van der Waals surface area contributed by atoms with E-state index in [1.807, 2.05) is 19.2 Å². The summed E-state index contributed by atoms with van der Waals surface area (Å²) in [5, 5.41) is 4.36. The van der Waals surface area contributed by atoms with Crippen LogP contribution in [0.4, 0.5) is 5.69 Å². The second-order valence-electron chi connectivity index (χ2n) is 4.84. The number of rotatable bonds is 3. The van der Waals surface area contributed by atoms with E-state index in [2.05, 4.69) is 32.2 Å². The van der Waals surface area contributed by atoms with Crippen molar-refractivity contribution in [2.45, 2.75) is 26.7 Å². The van der Waals surface area contributed by atoms with E-state index in [0.29, 0.717) is 5.92 Å². The second-order valence-corrected chi connectivity index (χ2v) is 4.84. The van der Waals surface area contributed by atoms with E-state index >= 15 is 0 Å². The van der Waals surface area contributed by atoms with Crippen molar-refractivity contribution >= 4 is 16.6 Å². The molecule has 0 unspecified atom stereocenters. The summed E-state index contributed by atoms with van der Waals surface area (Å²) in [4.78, 5) is 4.76. The predicted octanol–water partition coefficient (Wildman–Crippen LogP) is 3.72. The number of ether oxygens (including phenoxy) is 1. The summed E-state index contributed by atoms with van der Waals surface area (Å²) in [5.74, 6) is 1.29. The molecule has 0 spiro atoms. The highest BCUT2D eigenvalue weighted by Gasteiger charge is 2.11. The SMILES string of the molecule is CNc1cc(C(C)C)nc2c(C)cc(OC)cc12. The lowest BCUT2D eigenvalue weighted by Gasteiger charge is -2.14. The Labute approximate surface area is 108 Å². The molecule has 0 aliphatic rings. The lowest BCUT2D eigenvalue weighted by Crippen LogP contribution is -2.00. The van der Waals surface area contributed by atoms with Crippen molar-refractivity contribution in [3.63, 3.8) is 0 Å². The second kappa shape index (κ2) is 4.84. The number of anilines is 1. The Kier molecular flexibility index (Phi) is 3.41. The molecule has 2 rings (SSSR count). The maximum atomic E-state index is 5.32. The van der Waals surface area contributed by atoms with Gasteiger partial charge in [0.05, 0.1) is 12.6 Å². The fourth-order valence-corrected chi connectivity index (χ4v) is 2.11. The molecule has 0 radical (unpaired) electrons. The van der Waals surface area contributed by atoms with Crippen LogP contribution < -0.4 is 10.1 Å². The van der Waals surface area contributed by atoms with Crippen LogP contribution >= 0.6 is 0 Å². The van der Waals surface area contributed by atoms with Crippen molar-refractivity contribution in [3.8, 4) is 5.75 Å². The van der Waals surface area contributed by atoms with Gasteiger partial charge in [0, 0.05) is 23.8 Å². The maximum absolute atomic E-state index is 5.32. The molecule has 0 fully saturated rings. The third-order valence-electron chi connectivity index (χ3n) is 3.19. The molecule has 96 valence electrons. The van der Waals surface area contributed by atoms with Gasteiger partial charge >= 0.3 is 0 Å². The van der Waals surface area contributed by atoms with Gasteiger partial charge in [-0.15, -0.1) is 0 Å². The van der Waals surface area contributed by atoms with Crippen LogP contribution in [0.25, 0.3) is 10.9 Å². The van der Waals surface area contributed by atoms with E-state index in [0.717, 1.165) is 33.6 Å². The molecular weight excluding hydrogens is 224 g/mol. The zero-order chi connectivity index (χ0) is 13.3. The zero-order valence-corrected chi connectivity index (χ0v) is 11.7. The lowest BCUT2D eigenvalue weighted by atomic mass is 10.0. The van der Waals surface area contributed by atoms with Gasteiger partial charge in [-0.2, -0.15) is 0 Å². The van der Waals surface area contributed by atoms with Gasteiger partial charge in [0.25, 0.3) is 0 Å². The quantitative estimate of drug-likeness (QED) is 0.893. The van der Waals surface area contributed by atoms with Crippen molar-refractivity contribution in [3.05, 3.63) is 29.5 Å². The minimum atomic E-state index is 0.419. The summed E-state index contributed by atoms with van der Waals surface area (Å²) in [7, 11) is 3.63. The molecule has 0 bridgehead atoms. The first kappa shape index (κ1) is 12.7. The predicted molar refractivity (Wildman–Crippen MR) is 76.7 cm³/mol. The molecule has 2 aromatic rings. The molecule has 0 aliphatic heterocycles. The van der Waals surface area contributed by atoms with E-state index in [4.69, 9.17) is 9.72 Å². The van der Waals surface area contributed by atoms with Gasteiger partial charge in [-0.05, 0) is 36.6 Å². The number of aromatic nitrogens is 1. The van der Waals surface area contributed by atoms with Gasteiger partial charge in [0.2, 0.25) is 0 Å². The van der Waals surface area contributed by atoms with Crippen molar-refractivity contribution in [2.24, 2.45) is 0 Å². The van der Waals surface area contributed by atoms with Gasteiger partial charge in [-0.1, -0.05) is 13.8 Å². The highest BCUT2D eigenvalue weighted by molar-refractivity contribution is 5.94. The number of nitrogens with zero attached hydrogens (tertiary/aromatic N) is 1. The summed E-state index contributed by atoms with van der Waals surface area (Å²) >= 11 is 0. The highest BCUT2D eigenvalue weighted by atomic mass is 16.5. The fourth-order valence-electron chi connectivity index (χ4n) is 2.11. The molecule has 1 heterocycles. The first-order chi connectivity index (χ1) is 8.56. The largest absolute Gasteiger partial charge is 0.497 e. The van der Waals surface area contributed by atoms with Crippen molar-refractivity contribution < 1.29 is 4.74 Å². The number of aryl methyl sites for hydroxylation is 1. The first-order valence-corrected chi connectivity index (χ1v) is 6.24. The van der Waals surface area contributed by atoms with Crippen LogP contribution in [-0.4, -0.2) is 19.1 Å². The van der Waals surface area contributed by atoms with E-state index < -0.39 is 0 Å². The van der Waals surface area contributed by atoms with E-state index in [1.54, 1.807) is 7.11 Å². The molecule has 1 N–H and O–H groups in total. The molecule has 0 saturated carbocycles. The van der Waals surface area contributed by atoms with E-state index in [-0.39, 0.29) is 0 Å². The standard InChI is InChI=1S/C15H20N2O/c1-9(2)13-8-14(16-4)12-7-11(18-5)6-10(3)15(12)17-13/h6-9H,1-5H3,(H,16,17). The molecule has 1 aromatic carbocycles. The first-order valence-electron chi connectivity index (χ1n) is 6.24. The number of pyridine rings is 1. The molecule has 3 heteroatoms. The highest BCUT2D eigenvalue weighted by Crippen LogP contribution is 2.31. The molecule has 0 amide bonds. The fraction of sp³-hybridized carbons (Fsp3) is 0.400. The molecule has 18 heavy (non-hydrogen) atoms. The van der Waals surface area contributed by atoms with Gasteiger partial charge < -0.3 is 10.1 Å². The molecular formula is C15H20N2O. The van der Waals surface area contributed by atoms with Gasteiger partial charge in [-0.3, -0.25) is 4.98 Å². The average Bonchev–Trinajstić information content (AvgIpc) is 2.37. The number of hydrogen-bond donors (Lipinski definition) is 1. The Morgan fingerprint density at radius 2 is 1.94 bits per heavy atom. The van der Waals surface area contributed by atoms with Gasteiger partial charge in [0.1, 0.15) is 5.75 Å². The van der Waals surface area contributed by atoms with Crippen molar-refractivity contribution in [2.75, 3.05) is 19.5 Å². The number of nitrogens with one attached hydrogen (secondary N) is 1. The Balaban J connectivity index is 2.78. The average molecular weight is 244 g/mol. The van der Waals surface area contributed by atoms with E-state index in [1.165, 1.54) is 0 Å². The molecule has 0 saturated heterocycles. The zero-order valence-electron chi connectivity index (χ0n) is 11.7. The lowest BCUT2D eigenvalue weighted by molar-refractivity contribution is 0.415. The molecule has 0 aliphatic carbocycles. The molecule has 3 nitrogen and oxygen atoms in total. The smallest absolute Gasteiger partial charge is 0.119 e. The third kappa shape index (κ3) is 2.13.